The minimum Gasteiger partial charge on any atom is -0.348 e. The summed E-state index contributed by atoms with van der Waals surface area (Å²) in [6.07, 6.45) is 7.30. The number of aryl methyl sites for hydroxylation is 1. The zero-order chi connectivity index (χ0) is 18.8. The van der Waals surface area contributed by atoms with Crippen molar-refractivity contribution in [2.24, 2.45) is 20.0 Å². The van der Waals surface area contributed by atoms with E-state index in [9.17, 15) is 4.79 Å². The van der Waals surface area contributed by atoms with E-state index in [0.29, 0.717) is 12.3 Å². The number of rotatable bonds is 6. The third-order valence-corrected chi connectivity index (χ3v) is 5.23. The van der Waals surface area contributed by atoms with Gasteiger partial charge in [0.2, 0.25) is 11.9 Å². The number of hydrogen-bond donors (Lipinski definition) is 1. The maximum absolute atomic E-state index is 12.2. The lowest BCUT2D eigenvalue weighted by molar-refractivity contribution is -0.137. The summed E-state index contributed by atoms with van der Waals surface area (Å²) in [5, 5.41) is 7.85. The number of amides is 1. The number of imidazole rings is 1. The number of likely N-dealkylation sites (tertiary alicyclic amines) is 1. The van der Waals surface area contributed by atoms with Gasteiger partial charge < -0.3 is 19.7 Å². The number of carbonyl (C=O) groups excluding carboxylic acids is 1. The molecule has 0 spiro atoms. The third-order valence-electron chi connectivity index (χ3n) is 5.23. The van der Waals surface area contributed by atoms with Crippen LogP contribution in [0.5, 0.6) is 0 Å². The Morgan fingerprint density at radius 2 is 2.04 bits per heavy atom. The van der Waals surface area contributed by atoms with Crippen LogP contribution in [-0.2, 0) is 25.4 Å². The van der Waals surface area contributed by atoms with E-state index in [4.69, 9.17) is 0 Å². The fraction of sp³-hybridized carbons (Fsp3) is 0.611. The van der Waals surface area contributed by atoms with Gasteiger partial charge in [0.1, 0.15) is 0 Å². The van der Waals surface area contributed by atoms with Crippen LogP contribution in [0.15, 0.2) is 18.6 Å². The van der Waals surface area contributed by atoms with Crippen molar-refractivity contribution in [2.75, 3.05) is 32.6 Å². The monoisotopic (exact) mass is 359 g/mol. The second-order valence-corrected chi connectivity index (χ2v) is 7.33. The molecule has 2 aromatic rings. The zero-order valence-electron chi connectivity index (χ0n) is 16.3. The van der Waals surface area contributed by atoms with Crippen LogP contribution in [0.2, 0.25) is 0 Å². The van der Waals surface area contributed by atoms with Crippen LogP contribution in [0.1, 0.15) is 30.1 Å². The van der Waals surface area contributed by atoms with Gasteiger partial charge in [-0.1, -0.05) is 0 Å². The van der Waals surface area contributed by atoms with E-state index in [1.54, 1.807) is 4.68 Å². The molecule has 2 aromatic heterocycles. The van der Waals surface area contributed by atoms with E-state index < -0.39 is 0 Å². The van der Waals surface area contributed by atoms with Crippen molar-refractivity contribution in [1.82, 2.24) is 29.5 Å². The van der Waals surface area contributed by atoms with Gasteiger partial charge in [-0.3, -0.25) is 9.48 Å². The van der Waals surface area contributed by atoms with E-state index in [0.717, 1.165) is 36.7 Å². The number of aromatic nitrogens is 4. The lowest BCUT2D eigenvalue weighted by Crippen LogP contribution is -2.43. The second kappa shape index (κ2) is 7.49. The van der Waals surface area contributed by atoms with Crippen molar-refractivity contribution in [2.45, 2.75) is 25.4 Å². The fourth-order valence-corrected chi connectivity index (χ4v) is 3.82. The van der Waals surface area contributed by atoms with Crippen LogP contribution in [0.4, 0.5) is 5.95 Å². The summed E-state index contributed by atoms with van der Waals surface area (Å²) >= 11 is 0. The van der Waals surface area contributed by atoms with Crippen LogP contribution in [-0.4, -0.2) is 57.8 Å². The number of nitrogens with one attached hydrogen (secondary N) is 1. The van der Waals surface area contributed by atoms with Crippen molar-refractivity contribution in [3.8, 4) is 0 Å². The van der Waals surface area contributed by atoms with Crippen molar-refractivity contribution >= 4 is 11.9 Å². The Bertz CT molecular complexity index is 763. The van der Waals surface area contributed by atoms with Gasteiger partial charge in [-0.05, 0) is 12.3 Å². The van der Waals surface area contributed by atoms with E-state index in [2.05, 4.69) is 20.0 Å². The SMILES string of the molecule is CN(C)c1ncc(CNC[C@H]2CCC(=O)N(C)[C@@H]2c2cnn(C)c2)n1C. The normalized spacial score (nSPS) is 20.7. The molecule has 0 aromatic carbocycles. The Hall–Kier alpha value is -2.35. The lowest BCUT2D eigenvalue weighted by Gasteiger charge is -2.38. The minimum absolute atomic E-state index is 0.0707. The molecule has 0 saturated carbocycles. The summed E-state index contributed by atoms with van der Waals surface area (Å²) in [6.45, 7) is 1.60. The average molecular weight is 359 g/mol. The highest BCUT2D eigenvalue weighted by Gasteiger charge is 2.35. The van der Waals surface area contributed by atoms with Gasteiger partial charge in [-0.25, -0.2) is 4.98 Å². The predicted molar refractivity (Wildman–Crippen MR) is 101 cm³/mol. The maximum Gasteiger partial charge on any atom is 0.222 e. The van der Waals surface area contributed by atoms with E-state index >= 15 is 0 Å². The van der Waals surface area contributed by atoms with Crippen molar-refractivity contribution in [3.05, 3.63) is 29.8 Å². The maximum atomic E-state index is 12.2. The molecule has 0 unspecified atom stereocenters. The fourth-order valence-electron chi connectivity index (χ4n) is 3.82. The summed E-state index contributed by atoms with van der Waals surface area (Å²) in [7, 11) is 9.83. The standard InChI is InChI=1S/C18H29N7O/c1-22(2)18-20-11-15(24(18)4)10-19-8-13-6-7-16(26)25(5)17(13)14-9-21-23(3)12-14/h9,11-13,17,19H,6-8,10H2,1-5H3/t13-,17+/m1/s1. The van der Waals surface area contributed by atoms with E-state index in [1.807, 2.05) is 63.6 Å². The largest absolute Gasteiger partial charge is 0.348 e. The molecule has 3 rings (SSSR count). The second-order valence-electron chi connectivity index (χ2n) is 7.33. The van der Waals surface area contributed by atoms with E-state index in [-0.39, 0.29) is 11.9 Å². The molecule has 8 heteroatoms. The highest BCUT2D eigenvalue weighted by atomic mass is 16.2. The molecule has 0 aliphatic carbocycles. The molecule has 1 aliphatic heterocycles. The Balaban J connectivity index is 1.66. The van der Waals surface area contributed by atoms with Gasteiger partial charge in [-0.2, -0.15) is 5.10 Å². The highest BCUT2D eigenvalue weighted by molar-refractivity contribution is 5.77. The number of hydrogen-bond acceptors (Lipinski definition) is 5. The van der Waals surface area contributed by atoms with Crippen LogP contribution < -0.4 is 10.2 Å². The summed E-state index contributed by atoms with van der Waals surface area (Å²) in [4.78, 5) is 20.5. The summed E-state index contributed by atoms with van der Waals surface area (Å²) < 4.78 is 3.90. The van der Waals surface area contributed by atoms with Gasteiger partial charge in [0.15, 0.2) is 0 Å². The lowest BCUT2D eigenvalue weighted by atomic mass is 9.85. The first-order valence-corrected chi connectivity index (χ1v) is 9.01. The van der Waals surface area contributed by atoms with Crippen LogP contribution >= 0.6 is 0 Å². The average Bonchev–Trinajstić information content (AvgIpc) is 3.17. The third kappa shape index (κ3) is 3.60. The predicted octanol–water partition coefficient (Wildman–Crippen LogP) is 0.919. The van der Waals surface area contributed by atoms with Crippen LogP contribution in [0.3, 0.4) is 0 Å². The van der Waals surface area contributed by atoms with Crippen molar-refractivity contribution < 1.29 is 4.79 Å². The van der Waals surface area contributed by atoms with E-state index in [1.165, 1.54) is 0 Å². The molecule has 142 valence electrons. The molecule has 0 radical (unpaired) electrons. The molecule has 1 N–H and O–H groups in total. The van der Waals surface area contributed by atoms with Gasteiger partial charge in [0.25, 0.3) is 0 Å². The zero-order valence-corrected chi connectivity index (χ0v) is 16.3. The topological polar surface area (TPSA) is 71.2 Å². The molecular weight excluding hydrogens is 330 g/mol. The first-order chi connectivity index (χ1) is 12.4. The summed E-state index contributed by atoms with van der Waals surface area (Å²) in [6, 6.07) is 0.0707. The first kappa shape index (κ1) is 18.4. The minimum atomic E-state index is 0.0707. The number of piperidine rings is 1. The molecular formula is C18H29N7O. The molecule has 3 heterocycles. The Labute approximate surface area is 154 Å². The van der Waals surface area contributed by atoms with Gasteiger partial charge in [0.05, 0.1) is 24.1 Å². The van der Waals surface area contributed by atoms with Gasteiger partial charge >= 0.3 is 0 Å². The highest BCUT2D eigenvalue weighted by Crippen LogP contribution is 2.35. The molecule has 1 saturated heterocycles. The summed E-state index contributed by atoms with van der Waals surface area (Å²) in [5.74, 6) is 1.51. The molecule has 2 atom stereocenters. The number of nitrogens with zero attached hydrogens (tertiary/aromatic N) is 6. The molecule has 1 fully saturated rings. The van der Waals surface area contributed by atoms with Gasteiger partial charge in [0, 0.05) is 66.5 Å². The smallest absolute Gasteiger partial charge is 0.222 e. The van der Waals surface area contributed by atoms with Gasteiger partial charge in [-0.15, -0.1) is 0 Å². The molecule has 8 nitrogen and oxygen atoms in total. The number of carbonyl (C=O) groups is 1. The van der Waals surface area contributed by atoms with Crippen LogP contribution in [0.25, 0.3) is 0 Å². The number of anilines is 1. The first-order valence-electron chi connectivity index (χ1n) is 9.01. The van der Waals surface area contributed by atoms with Crippen molar-refractivity contribution in [1.29, 1.82) is 0 Å². The molecule has 26 heavy (non-hydrogen) atoms. The molecule has 1 amide bonds. The Morgan fingerprint density at radius 1 is 1.27 bits per heavy atom. The quantitative estimate of drug-likeness (QED) is 0.830. The summed E-state index contributed by atoms with van der Waals surface area (Å²) in [5.41, 5.74) is 2.25. The molecule has 1 aliphatic rings. The molecule has 0 bridgehead atoms. The van der Waals surface area contributed by atoms with Crippen molar-refractivity contribution in [3.63, 3.8) is 0 Å². The Morgan fingerprint density at radius 3 is 2.65 bits per heavy atom. The van der Waals surface area contributed by atoms with Crippen LogP contribution in [0, 0.1) is 5.92 Å². The Kier molecular flexibility index (Phi) is 5.31.